The summed E-state index contributed by atoms with van der Waals surface area (Å²) >= 11 is 0. The molecule has 0 spiro atoms. The number of esters is 1. The van der Waals surface area contributed by atoms with Gasteiger partial charge in [-0.05, 0) is 43.0 Å². The summed E-state index contributed by atoms with van der Waals surface area (Å²) in [6.45, 7) is 3.80. The zero-order valence-corrected chi connectivity index (χ0v) is 9.75. The first kappa shape index (κ1) is 11.1. The summed E-state index contributed by atoms with van der Waals surface area (Å²) in [7, 11) is 0. The van der Waals surface area contributed by atoms with Crippen LogP contribution in [0.2, 0.25) is 0 Å². The van der Waals surface area contributed by atoms with E-state index in [2.05, 4.69) is 0 Å². The van der Waals surface area contributed by atoms with Crippen LogP contribution in [0.25, 0.3) is 0 Å². The lowest BCUT2D eigenvalue weighted by Gasteiger charge is -2.19. The first-order valence-corrected chi connectivity index (χ1v) is 5.66. The summed E-state index contributed by atoms with van der Waals surface area (Å²) in [5.74, 6) is 0.390. The molecule has 0 saturated heterocycles. The summed E-state index contributed by atoms with van der Waals surface area (Å²) < 4.78 is 5.19. The Morgan fingerprint density at radius 2 is 2.31 bits per heavy atom. The van der Waals surface area contributed by atoms with Gasteiger partial charge in [0.2, 0.25) is 0 Å². The van der Waals surface area contributed by atoms with Crippen LogP contribution in [0.15, 0.2) is 18.2 Å². The maximum absolute atomic E-state index is 11.2. The van der Waals surface area contributed by atoms with Crippen LogP contribution in [0.1, 0.15) is 37.8 Å². The molecular weight excluding hydrogens is 202 g/mol. The molecule has 1 aromatic carbocycles. The second-order valence-corrected chi connectivity index (χ2v) is 4.56. The lowest BCUT2D eigenvalue weighted by atomic mass is 9.95. The highest BCUT2D eigenvalue weighted by atomic mass is 16.5. The van der Waals surface area contributed by atoms with Crippen molar-refractivity contribution in [3.8, 4) is 5.75 Å². The number of hydrogen-bond acceptors (Lipinski definition) is 3. The number of ether oxygens (including phenoxy) is 1. The zero-order valence-electron chi connectivity index (χ0n) is 9.75. The first-order chi connectivity index (χ1) is 7.53. The first-order valence-electron chi connectivity index (χ1n) is 5.66. The second-order valence-electron chi connectivity index (χ2n) is 4.56. The molecule has 0 aromatic heterocycles. The lowest BCUT2D eigenvalue weighted by Crippen LogP contribution is -2.29. The molecule has 2 rings (SSSR count). The molecular formula is C13H17NO2. The van der Waals surface area contributed by atoms with Crippen molar-refractivity contribution in [1.82, 2.24) is 0 Å². The van der Waals surface area contributed by atoms with Crippen LogP contribution in [0.5, 0.6) is 5.75 Å². The van der Waals surface area contributed by atoms with E-state index in [1.165, 1.54) is 5.56 Å². The highest BCUT2D eigenvalue weighted by Crippen LogP contribution is 2.36. The molecule has 1 atom stereocenters. The number of carbonyl (C=O) groups excluding carboxylic acids is 1. The summed E-state index contributed by atoms with van der Waals surface area (Å²) in [5.41, 5.74) is 8.26. The lowest BCUT2D eigenvalue weighted by molar-refractivity contribution is -0.134. The largest absolute Gasteiger partial charge is 0.427 e. The molecule has 3 nitrogen and oxygen atoms in total. The third-order valence-electron chi connectivity index (χ3n) is 3.13. The molecule has 3 heteroatoms. The molecule has 0 fully saturated rings. The minimum atomic E-state index is -0.288. The van der Waals surface area contributed by atoms with Crippen LogP contribution in [0.4, 0.5) is 0 Å². The Bertz CT molecular complexity index is 424. The molecule has 1 aliphatic rings. The average Bonchev–Trinajstić information content (AvgIpc) is 2.55. The van der Waals surface area contributed by atoms with E-state index in [0.717, 1.165) is 18.4 Å². The fourth-order valence-electron chi connectivity index (χ4n) is 2.10. The molecule has 0 heterocycles. The number of aryl methyl sites for hydroxylation is 1. The normalized spacial score (nSPS) is 22.9. The topological polar surface area (TPSA) is 52.3 Å². The molecule has 0 bridgehead atoms. The fourth-order valence-corrected chi connectivity index (χ4v) is 2.10. The summed E-state index contributed by atoms with van der Waals surface area (Å²) in [5, 5.41) is 0. The highest BCUT2D eigenvalue weighted by Gasteiger charge is 2.30. The Balaban J connectivity index is 2.29. The molecule has 0 radical (unpaired) electrons. The van der Waals surface area contributed by atoms with Gasteiger partial charge in [-0.3, -0.25) is 4.79 Å². The van der Waals surface area contributed by atoms with E-state index in [4.69, 9.17) is 10.5 Å². The fraction of sp³-hybridized carbons (Fsp3) is 0.462. The number of fused-ring (bicyclic) bond motifs is 1. The number of benzene rings is 1. The Labute approximate surface area is 95.6 Å². The maximum atomic E-state index is 11.2. The van der Waals surface area contributed by atoms with Crippen molar-refractivity contribution in [3.05, 3.63) is 29.3 Å². The van der Waals surface area contributed by atoms with Gasteiger partial charge < -0.3 is 10.5 Å². The Morgan fingerprint density at radius 3 is 3.00 bits per heavy atom. The minimum absolute atomic E-state index is 0.211. The van der Waals surface area contributed by atoms with Crippen molar-refractivity contribution >= 4 is 5.97 Å². The minimum Gasteiger partial charge on any atom is -0.427 e. The average molecular weight is 219 g/mol. The van der Waals surface area contributed by atoms with Crippen LogP contribution < -0.4 is 10.5 Å². The Hall–Kier alpha value is -1.35. The molecule has 0 aliphatic heterocycles. The summed E-state index contributed by atoms with van der Waals surface area (Å²) in [6, 6.07) is 5.75. The van der Waals surface area contributed by atoms with E-state index in [0.29, 0.717) is 12.2 Å². The van der Waals surface area contributed by atoms with Crippen LogP contribution in [0, 0.1) is 0 Å². The van der Waals surface area contributed by atoms with Gasteiger partial charge in [0.1, 0.15) is 5.75 Å². The number of hydrogen-bond donors (Lipinski definition) is 1. The molecule has 0 saturated carbocycles. The van der Waals surface area contributed by atoms with Gasteiger partial charge in [0.15, 0.2) is 0 Å². The standard InChI is InChI=1S/C13H17NO2/c1-3-12(15)16-10-5-4-9-6-7-13(2,14)11(9)8-10/h4-5,8H,3,6-7,14H2,1-2H3. The van der Waals surface area contributed by atoms with Gasteiger partial charge in [-0.1, -0.05) is 13.0 Å². The van der Waals surface area contributed by atoms with E-state index in [9.17, 15) is 4.79 Å². The molecule has 2 N–H and O–H groups in total. The number of nitrogens with two attached hydrogens (primary N) is 1. The van der Waals surface area contributed by atoms with Gasteiger partial charge in [-0.2, -0.15) is 0 Å². The smallest absolute Gasteiger partial charge is 0.310 e. The van der Waals surface area contributed by atoms with Crippen molar-refractivity contribution in [2.24, 2.45) is 5.73 Å². The number of carbonyl (C=O) groups is 1. The van der Waals surface area contributed by atoms with Crippen molar-refractivity contribution in [3.63, 3.8) is 0 Å². The van der Waals surface area contributed by atoms with E-state index in [1.54, 1.807) is 6.92 Å². The van der Waals surface area contributed by atoms with Crippen LogP contribution in [-0.4, -0.2) is 5.97 Å². The van der Waals surface area contributed by atoms with Crippen LogP contribution in [0.3, 0.4) is 0 Å². The predicted molar refractivity (Wildman–Crippen MR) is 62.2 cm³/mol. The molecule has 0 amide bonds. The highest BCUT2D eigenvalue weighted by molar-refractivity contribution is 5.72. The third kappa shape index (κ3) is 1.95. The van der Waals surface area contributed by atoms with Crippen molar-refractivity contribution in [1.29, 1.82) is 0 Å². The van der Waals surface area contributed by atoms with Gasteiger partial charge >= 0.3 is 5.97 Å². The Kier molecular flexibility index (Phi) is 2.72. The molecule has 1 unspecified atom stereocenters. The van der Waals surface area contributed by atoms with E-state index in [-0.39, 0.29) is 11.5 Å². The van der Waals surface area contributed by atoms with Gasteiger partial charge in [0.25, 0.3) is 0 Å². The van der Waals surface area contributed by atoms with Gasteiger partial charge in [-0.25, -0.2) is 0 Å². The maximum Gasteiger partial charge on any atom is 0.310 e. The summed E-state index contributed by atoms with van der Waals surface area (Å²) in [4.78, 5) is 11.2. The third-order valence-corrected chi connectivity index (χ3v) is 3.13. The quantitative estimate of drug-likeness (QED) is 0.612. The molecule has 1 aliphatic carbocycles. The Morgan fingerprint density at radius 1 is 1.56 bits per heavy atom. The monoisotopic (exact) mass is 219 g/mol. The zero-order chi connectivity index (χ0) is 11.8. The van der Waals surface area contributed by atoms with E-state index in [1.807, 2.05) is 25.1 Å². The van der Waals surface area contributed by atoms with E-state index >= 15 is 0 Å². The van der Waals surface area contributed by atoms with Gasteiger partial charge in [0, 0.05) is 12.0 Å². The van der Waals surface area contributed by atoms with Crippen molar-refractivity contribution < 1.29 is 9.53 Å². The second kappa shape index (κ2) is 3.91. The number of rotatable bonds is 2. The molecule has 16 heavy (non-hydrogen) atoms. The van der Waals surface area contributed by atoms with Gasteiger partial charge in [-0.15, -0.1) is 0 Å². The molecule has 86 valence electrons. The summed E-state index contributed by atoms with van der Waals surface area (Å²) in [6.07, 6.45) is 2.34. The van der Waals surface area contributed by atoms with Crippen LogP contribution >= 0.6 is 0 Å². The van der Waals surface area contributed by atoms with Crippen LogP contribution in [-0.2, 0) is 16.8 Å². The van der Waals surface area contributed by atoms with E-state index < -0.39 is 0 Å². The van der Waals surface area contributed by atoms with Gasteiger partial charge in [0.05, 0.1) is 0 Å². The van der Waals surface area contributed by atoms with Crippen molar-refractivity contribution in [2.45, 2.75) is 38.6 Å². The van der Waals surface area contributed by atoms with Crippen molar-refractivity contribution in [2.75, 3.05) is 0 Å². The molecule has 1 aromatic rings. The predicted octanol–water partition coefficient (Wildman–Crippen LogP) is 2.12. The SMILES string of the molecule is CCC(=O)Oc1ccc2c(c1)C(C)(N)CC2.